The molecule has 0 atom stereocenters. The molecule has 1 N–H and O–H groups in total. The van der Waals surface area contributed by atoms with E-state index in [1.807, 2.05) is 52.0 Å². The quantitative estimate of drug-likeness (QED) is 0.911. The summed E-state index contributed by atoms with van der Waals surface area (Å²) in [6, 6.07) is 8.08. The highest BCUT2D eigenvalue weighted by atomic mass is 16.5. The Morgan fingerprint density at radius 3 is 2.69 bits per heavy atom. The number of hydrogen-bond acceptors (Lipinski definition) is 5. The van der Waals surface area contributed by atoms with Gasteiger partial charge in [0.1, 0.15) is 0 Å². The predicted octanol–water partition coefficient (Wildman–Crippen LogP) is 3.17. The van der Waals surface area contributed by atoms with Crippen molar-refractivity contribution >= 4 is 5.91 Å². The molecular formula is C20H28N4O2. The minimum absolute atomic E-state index is 0.0935. The molecule has 1 saturated heterocycles. The summed E-state index contributed by atoms with van der Waals surface area (Å²) in [5.74, 6) is 1.51. The van der Waals surface area contributed by atoms with Gasteiger partial charge in [0.05, 0.1) is 6.54 Å². The Labute approximate surface area is 155 Å². The summed E-state index contributed by atoms with van der Waals surface area (Å²) >= 11 is 0. The summed E-state index contributed by atoms with van der Waals surface area (Å²) in [6.45, 7) is 10.5. The first kappa shape index (κ1) is 18.6. The van der Waals surface area contributed by atoms with Gasteiger partial charge in [-0.3, -0.25) is 9.69 Å². The fourth-order valence-electron chi connectivity index (χ4n) is 3.24. The van der Waals surface area contributed by atoms with Crippen molar-refractivity contribution in [2.45, 2.75) is 52.6 Å². The first-order valence-electron chi connectivity index (χ1n) is 9.24. The number of piperidine rings is 1. The van der Waals surface area contributed by atoms with E-state index in [2.05, 4.69) is 20.4 Å². The van der Waals surface area contributed by atoms with Crippen LogP contribution in [0, 0.1) is 12.8 Å². The van der Waals surface area contributed by atoms with Crippen LogP contribution in [0.1, 0.15) is 45.1 Å². The number of nitrogens with one attached hydrogen (secondary N) is 1. The molecule has 3 rings (SSSR count). The Morgan fingerprint density at radius 1 is 1.31 bits per heavy atom. The number of aryl methyl sites for hydroxylation is 1. The van der Waals surface area contributed by atoms with Crippen molar-refractivity contribution in [2.75, 3.05) is 13.1 Å². The fourth-order valence-corrected chi connectivity index (χ4v) is 3.24. The summed E-state index contributed by atoms with van der Waals surface area (Å²) in [6.07, 6.45) is 1.72. The Hall–Kier alpha value is -2.21. The number of carbonyl (C=O) groups is 1. The first-order chi connectivity index (χ1) is 12.3. The monoisotopic (exact) mass is 356 g/mol. The molecule has 0 bridgehead atoms. The summed E-state index contributed by atoms with van der Waals surface area (Å²) in [7, 11) is 0. The molecule has 1 aliphatic heterocycles. The number of likely N-dealkylation sites (tertiary alicyclic amines) is 1. The lowest BCUT2D eigenvalue weighted by atomic mass is 9.94. The molecule has 0 saturated carbocycles. The van der Waals surface area contributed by atoms with Crippen molar-refractivity contribution in [3.63, 3.8) is 0 Å². The van der Waals surface area contributed by atoms with E-state index >= 15 is 0 Å². The van der Waals surface area contributed by atoms with Crippen molar-refractivity contribution < 1.29 is 9.32 Å². The smallest absolute Gasteiger partial charge is 0.241 e. The van der Waals surface area contributed by atoms with Crippen molar-refractivity contribution in [2.24, 2.45) is 5.92 Å². The zero-order valence-electron chi connectivity index (χ0n) is 16.1. The number of aromatic nitrogens is 2. The zero-order chi connectivity index (χ0) is 18.7. The van der Waals surface area contributed by atoms with Gasteiger partial charge in [-0.25, -0.2) is 0 Å². The highest BCUT2D eigenvalue weighted by Gasteiger charge is 2.28. The third-order valence-corrected chi connectivity index (χ3v) is 4.56. The molecule has 6 nitrogen and oxygen atoms in total. The normalized spacial score (nSPS) is 16.6. The molecule has 1 aliphatic rings. The van der Waals surface area contributed by atoms with Crippen LogP contribution in [0.25, 0.3) is 11.4 Å². The average molecular weight is 356 g/mol. The fraction of sp³-hybridized carbons (Fsp3) is 0.550. The lowest BCUT2D eigenvalue weighted by Crippen LogP contribution is -2.46. The molecule has 0 aliphatic carbocycles. The number of hydrogen-bond donors (Lipinski definition) is 1. The minimum atomic E-state index is -0.176. The molecule has 0 radical (unpaired) electrons. The molecule has 6 heteroatoms. The van der Waals surface area contributed by atoms with E-state index in [1.165, 1.54) is 5.56 Å². The van der Waals surface area contributed by atoms with Gasteiger partial charge in [0.15, 0.2) is 0 Å². The van der Waals surface area contributed by atoms with E-state index in [1.54, 1.807) is 0 Å². The van der Waals surface area contributed by atoms with E-state index in [0.29, 0.717) is 18.3 Å². The van der Waals surface area contributed by atoms with E-state index in [9.17, 15) is 4.79 Å². The largest absolute Gasteiger partial charge is 0.351 e. The van der Waals surface area contributed by atoms with Gasteiger partial charge in [-0.2, -0.15) is 4.98 Å². The van der Waals surface area contributed by atoms with Crippen LogP contribution < -0.4 is 5.32 Å². The Morgan fingerprint density at radius 2 is 2.04 bits per heavy atom. The molecule has 2 heterocycles. The Bertz CT molecular complexity index is 755. The highest BCUT2D eigenvalue weighted by molar-refractivity contribution is 5.79. The standard InChI is InChI=1S/C20H28N4O2/c1-14-6-5-7-16(12-14)18-21-17(26-23-18)13-24-10-8-15(9-11-24)19(25)22-20(2,3)4/h5-7,12,15H,8-11,13H2,1-4H3,(H,22,25). The molecule has 1 aromatic carbocycles. The van der Waals surface area contributed by atoms with Crippen LogP contribution in [0.3, 0.4) is 0 Å². The van der Waals surface area contributed by atoms with E-state index in [-0.39, 0.29) is 17.4 Å². The van der Waals surface area contributed by atoms with Crippen molar-refractivity contribution in [3.05, 3.63) is 35.7 Å². The van der Waals surface area contributed by atoms with E-state index in [0.717, 1.165) is 31.5 Å². The number of amides is 1. The molecule has 0 unspecified atom stereocenters. The van der Waals surface area contributed by atoms with Gasteiger partial charge in [0.25, 0.3) is 0 Å². The second-order valence-electron chi connectivity index (χ2n) is 8.17. The minimum Gasteiger partial charge on any atom is -0.351 e. The predicted molar refractivity (Wildman–Crippen MR) is 100 cm³/mol. The molecule has 1 amide bonds. The number of benzene rings is 1. The van der Waals surface area contributed by atoms with Crippen molar-refractivity contribution in [1.82, 2.24) is 20.4 Å². The van der Waals surface area contributed by atoms with Gasteiger partial charge in [0.2, 0.25) is 17.6 Å². The summed E-state index contributed by atoms with van der Waals surface area (Å²) in [5, 5.41) is 7.18. The van der Waals surface area contributed by atoms with Crippen LogP contribution in [-0.4, -0.2) is 39.6 Å². The molecule has 26 heavy (non-hydrogen) atoms. The van der Waals surface area contributed by atoms with Crippen LogP contribution in [-0.2, 0) is 11.3 Å². The number of rotatable bonds is 4. The Kier molecular flexibility index (Phi) is 5.41. The molecule has 1 fully saturated rings. The second-order valence-corrected chi connectivity index (χ2v) is 8.17. The molecular weight excluding hydrogens is 328 g/mol. The second kappa shape index (κ2) is 7.58. The van der Waals surface area contributed by atoms with Gasteiger partial charge < -0.3 is 9.84 Å². The van der Waals surface area contributed by atoms with Crippen molar-refractivity contribution in [3.8, 4) is 11.4 Å². The molecule has 0 spiro atoms. The van der Waals surface area contributed by atoms with Crippen LogP contribution in [0.15, 0.2) is 28.8 Å². The number of nitrogens with zero attached hydrogens (tertiary/aromatic N) is 3. The van der Waals surface area contributed by atoms with Crippen LogP contribution in [0.2, 0.25) is 0 Å². The lowest BCUT2D eigenvalue weighted by molar-refractivity contribution is -0.127. The average Bonchev–Trinajstić information content (AvgIpc) is 3.02. The van der Waals surface area contributed by atoms with Gasteiger partial charge in [-0.05, 0) is 59.7 Å². The molecule has 140 valence electrons. The topological polar surface area (TPSA) is 71.3 Å². The Balaban J connectivity index is 1.53. The van der Waals surface area contributed by atoms with Crippen LogP contribution in [0.5, 0.6) is 0 Å². The number of carbonyl (C=O) groups excluding carboxylic acids is 1. The highest BCUT2D eigenvalue weighted by Crippen LogP contribution is 2.21. The first-order valence-corrected chi connectivity index (χ1v) is 9.24. The zero-order valence-corrected chi connectivity index (χ0v) is 16.1. The summed E-state index contributed by atoms with van der Waals surface area (Å²) in [5.41, 5.74) is 1.96. The van der Waals surface area contributed by atoms with Gasteiger partial charge in [-0.15, -0.1) is 0 Å². The lowest BCUT2D eigenvalue weighted by Gasteiger charge is -2.32. The van der Waals surface area contributed by atoms with Gasteiger partial charge >= 0.3 is 0 Å². The molecule has 1 aromatic heterocycles. The van der Waals surface area contributed by atoms with Gasteiger partial charge in [0, 0.05) is 17.0 Å². The maximum atomic E-state index is 12.3. The maximum absolute atomic E-state index is 12.3. The maximum Gasteiger partial charge on any atom is 0.241 e. The SMILES string of the molecule is Cc1cccc(-c2noc(CN3CCC(C(=O)NC(C)(C)C)CC3)n2)c1. The third-order valence-electron chi connectivity index (χ3n) is 4.56. The summed E-state index contributed by atoms with van der Waals surface area (Å²) < 4.78 is 5.42. The third kappa shape index (κ3) is 4.91. The van der Waals surface area contributed by atoms with E-state index < -0.39 is 0 Å². The van der Waals surface area contributed by atoms with Crippen molar-refractivity contribution in [1.29, 1.82) is 0 Å². The van der Waals surface area contributed by atoms with Crippen LogP contribution in [0.4, 0.5) is 0 Å². The van der Waals surface area contributed by atoms with Gasteiger partial charge in [-0.1, -0.05) is 28.9 Å². The summed E-state index contributed by atoms with van der Waals surface area (Å²) in [4.78, 5) is 19.1. The van der Waals surface area contributed by atoms with Crippen LogP contribution >= 0.6 is 0 Å². The van der Waals surface area contributed by atoms with E-state index in [4.69, 9.17) is 4.52 Å². The molecule has 2 aromatic rings.